The van der Waals surface area contributed by atoms with Crippen LogP contribution in [-0.4, -0.2) is 106 Å². The molecule has 0 fully saturated rings. The molecule has 0 aromatic heterocycles. The summed E-state index contributed by atoms with van der Waals surface area (Å²) in [5.74, 6) is -4.73. The predicted molar refractivity (Wildman–Crippen MR) is 73.3 cm³/mol. The van der Waals surface area contributed by atoms with Gasteiger partial charge in [-0.3, -0.25) is 0 Å². The number of carbonyl (C=O) groups is 4. The second kappa shape index (κ2) is 30.5. The first kappa shape index (κ1) is 34.9. The van der Waals surface area contributed by atoms with Gasteiger partial charge in [0.05, 0.1) is 50.3 Å². The summed E-state index contributed by atoms with van der Waals surface area (Å²) in [6.45, 7) is -1.28. The quantitative estimate of drug-likeness (QED) is 0.253. The van der Waals surface area contributed by atoms with E-state index < -0.39 is 23.9 Å². The number of carboxylic acid groups (broad SMARTS) is 4. The van der Waals surface area contributed by atoms with Crippen LogP contribution < -0.4 is 20.4 Å². The second-order valence-electron chi connectivity index (χ2n) is 3.22. The van der Waals surface area contributed by atoms with Crippen LogP contribution in [0.4, 0.5) is 0 Å². The Morgan fingerprint density at radius 1 is 0.520 bits per heavy atom. The summed E-state index contributed by atoms with van der Waals surface area (Å²) in [4.78, 5) is 37.5. The summed E-state index contributed by atoms with van der Waals surface area (Å²) in [7, 11) is 5.21. The molecule has 0 aromatic carbocycles. The molecule has 25 heavy (non-hydrogen) atoms. The Morgan fingerprint density at radius 3 is 0.640 bits per heavy atom. The van der Waals surface area contributed by atoms with Crippen LogP contribution in [0.2, 0.25) is 0 Å². The standard InChI is InChI=1S/4C3H6O3.Pb/c4*1-6-2-3(4)5;/h4*2H2,1H3,(H,4,5);/q;;;;+4/p-4. The number of carbonyl (C=O) groups excluding carboxylic acids is 4. The molecule has 0 bridgehead atoms. The van der Waals surface area contributed by atoms with E-state index in [1.807, 2.05) is 0 Å². The molecule has 0 saturated heterocycles. The summed E-state index contributed by atoms with van der Waals surface area (Å²) >= 11 is 0. The van der Waals surface area contributed by atoms with Gasteiger partial charge in [-0.1, -0.05) is 0 Å². The third kappa shape index (κ3) is 85.2. The van der Waals surface area contributed by atoms with E-state index in [-0.39, 0.29) is 53.7 Å². The summed E-state index contributed by atoms with van der Waals surface area (Å²) in [5.41, 5.74) is 0. The molecule has 0 aliphatic rings. The van der Waals surface area contributed by atoms with Crippen molar-refractivity contribution in [2.45, 2.75) is 0 Å². The molecule has 0 amide bonds. The number of hydrogen-bond donors (Lipinski definition) is 0. The van der Waals surface area contributed by atoms with Gasteiger partial charge < -0.3 is 58.6 Å². The van der Waals surface area contributed by atoms with Crippen LogP contribution in [0.5, 0.6) is 0 Å². The van der Waals surface area contributed by atoms with Crippen LogP contribution in [0, 0.1) is 0 Å². The molecule has 0 aliphatic carbocycles. The summed E-state index contributed by atoms with van der Waals surface area (Å²) in [5, 5.41) is 37.5. The zero-order chi connectivity index (χ0) is 20.0. The van der Waals surface area contributed by atoms with Gasteiger partial charge in [0.25, 0.3) is 0 Å². The van der Waals surface area contributed by atoms with Crippen molar-refractivity contribution in [3.05, 3.63) is 0 Å². The molecule has 0 rings (SSSR count). The van der Waals surface area contributed by atoms with E-state index in [4.69, 9.17) is 0 Å². The largest absolute Gasteiger partial charge is 4.00 e. The van der Waals surface area contributed by atoms with Crippen LogP contribution in [0.1, 0.15) is 0 Å². The predicted octanol–water partition coefficient (Wildman–Crippen LogP) is -6.85. The average Bonchev–Trinajstić information content (AvgIpc) is 2.39. The van der Waals surface area contributed by atoms with Gasteiger partial charge in [-0.2, -0.15) is 0 Å². The molecule has 0 spiro atoms. The van der Waals surface area contributed by atoms with Gasteiger partial charge in [-0.25, -0.2) is 0 Å². The Hall–Kier alpha value is -1.36. The number of ether oxygens (including phenoxy) is 4. The van der Waals surface area contributed by atoms with E-state index >= 15 is 0 Å². The van der Waals surface area contributed by atoms with Gasteiger partial charge >= 0.3 is 27.3 Å². The van der Waals surface area contributed by atoms with Gasteiger partial charge in [0.1, 0.15) is 0 Å². The molecular formula is C12H20O12Pb. The molecule has 0 aromatic rings. The van der Waals surface area contributed by atoms with Crippen LogP contribution >= 0.6 is 0 Å². The monoisotopic (exact) mass is 564 g/mol. The van der Waals surface area contributed by atoms with Crippen molar-refractivity contribution in [2.75, 3.05) is 54.9 Å². The minimum Gasteiger partial charge on any atom is -0.548 e. The first-order valence-electron chi connectivity index (χ1n) is 5.83. The molecule has 0 radical (unpaired) electrons. The Labute approximate surface area is 164 Å². The molecule has 0 aliphatic heterocycles. The number of methoxy groups -OCH3 is 4. The normalized spacial score (nSPS) is 7.84. The van der Waals surface area contributed by atoms with Gasteiger partial charge in [0.2, 0.25) is 0 Å². The molecule has 0 saturated carbocycles. The first-order chi connectivity index (χ1) is 11.1. The van der Waals surface area contributed by atoms with Crippen LogP contribution in [0.25, 0.3) is 0 Å². The molecule has 0 N–H and O–H groups in total. The maximum absolute atomic E-state index is 9.36. The topological polar surface area (TPSA) is 197 Å². The third-order valence-corrected chi connectivity index (χ3v) is 1.05. The fraction of sp³-hybridized carbons (Fsp3) is 0.667. The minimum absolute atomic E-state index is 0. The second-order valence-corrected chi connectivity index (χ2v) is 3.22. The van der Waals surface area contributed by atoms with Crippen molar-refractivity contribution in [1.82, 2.24) is 0 Å². The molecular weight excluding hydrogens is 543 g/mol. The summed E-state index contributed by atoms with van der Waals surface area (Å²) in [6.07, 6.45) is 0. The van der Waals surface area contributed by atoms with Crippen molar-refractivity contribution in [1.29, 1.82) is 0 Å². The molecule has 13 heteroatoms. The van der Waals surface area contributed by atoms with Crippen molar-refractivity contribution >= 4 is 51.2 Å². The summed E-state index contributed by atoms with van der Waals surface area (Å²) in [6, 6.07) is 0. The fourth-order valence-electron chi connectivity index (χ4n) is 0.471. The first-order valence-corrected chi connectivity index (χ1v) is 5.83. The number of aliphatic carboxylic acids is 4. The minimum atomic E-state index is -1.18. The zero-order valence-electron chi connectivity index (χ0n) is 14.2. The maximum atomic E-state index is 9.36. The van der Waals surface area contributed by atoms with Gasteiger partial charge in [0.15, 0.2) is 0 Å². The summed E-state index contributed by atoms with van der Waals surface area (Å²) < 4.78 is 16.6. The molecule has 0 heterocycles. The number of rotatable bonds is 8. The molecule has 0 unspecified atom stereocenters. The van der Waals surface area contributed by atoms with Crippen molar-refractivity contribution < 1.29 is 58.6 Å². The van der Waals surface area contributed by atoms with E-state index in [1.165, 1.54) is 28.4 Å². The van der Waals surface area contributed by atoms with E-state index in [1.54, 1.807) is 0 Å². The van der Waals surface area contributed by atoms with E-state index in [0.29, 0.717) is 0 Å². The van der Waals surface area contributed by atoms with Gasteiger partial charge in [-0.15, -0.1) is 0 Å². The van der Waals surface area contributed by atoms with Gasteiger partial charge in [0, 0.05) is 28.4 Å². The maximum Gasteiger partial charge on any atom is 4.00 e. The molecule has 144 valence electrons. The zero-order valence-corrected chi connectivity index (χ0v) is 18.1. The smallest absolute Gasteiger partial charge is 0.548 e. The van der Waals surface area contributed by atoms with Crippen LogP contribution in [-0.2, 0) is 38.1 Å². The SMILES string of the molecule is COCC(=O)[O-].COCC(=O)[O-].COCC(=O)[O-].COCC(=O)[O-].[Pb+4]. The Morgan fingerprint density at radius 2 is 0.640 bits per heavy atom. The Bertz CT molecular complexity index is 270. The Kier molecular flexibility index (Phi) is 42.6. The van der Waals surface area contributed by atoms with Crippen molar-refractivity contribution in [2.24, 2.45) is 0 Å². The molecule has 0 atom stereocenters. The van der Waals surface area contributed by atoms with Crippen LogP contribution in [0.3, 0.4) is 0 Å². The average molecular weight is 563 g/mol. The number of carboxylic acids is 4. The van der Waals surface area contributed by atoms with E-state index in [2.05, 4.69) is 18.9 Å². The number of hydrogen-bond acceptors (Lipinski definition) is 12. The van der Waals surface area contributed by atoms with E-state index in [9.17, 15) is 39.6 Å². The Balaban J connectivity index is -0.0000000702. The van der Waals surface area contributed by atoms with E-state index in [0.717, 1.165) is 0 Å². The van der Waals surface area contributed by atoms with Gasteiger partial charge in [-0.05, 0) is 0 Å². The third-order valence-electron chi connectivity index (χ3n) is 1.05. The van der Waals surface area contributed by atoms with Crippen molar-refractivity contribution in [3.63, 3.8) is 0 Å². The van der Waals surface area contributed by atoms with Crippen molar-refractivity contribution in [3.8, 4) is 0 Å². The van der Waals surface area contributed by atoms with Crippen LogP contribution in [0.15, 0.2) is 0 Å². The fourth-order valence-corrected chi connectivity index (χ4v) is 0.471. The molecule has 12 nitrogen and oxygen atoms in total.